The van der Waals surface area contributed by atoms with Gasteiger partial charge >= 0.3 is 0 Å². The van der Waals surface area contributed by atoms with Gasteiger partial charge in [0, 0.05) is 30.9 Å². The van der Waals surface area contributed by atoms with Gasteiger partial charge in [0.25, 0.3) is 15.7 Å². The number of nitro groups is 1. The number of benzene rings is 3. The minimum absolute atomic E-state index is 0.112. The number of azo groups is 1. The second-order valence-electron chi connectivity index (χ2n) is 8.19. The number of rotatable bonds is 11. The fourth-order valence-electron chi connectivity index (χ4n) is 3.67. The molecule has 3 rings (SSSR count). The molecule has 0 aliphatic carbocycles. The summed E-state index contributed by atoms with van der Waals surface area (Å²) in [6.45, 7) is 7.43. The van der Waals surface area contributed by atoms with Crippen molar-refractivity contribution < 1.29 is 18.4 Å². The Hall–Kier alpha value is -3.99. The Kier molecular flexibility index (Phi) is 8.59. The molecule has 3 aromatic rings. The lowest BCUT2D eigenvalue weighted by molar-refractivity contribution is -0.384. The molecule has 0 saturated heterocycles. The van der Waals surface area contributed by atoms with Crippen LogP contribution in [0.2, 0.25) is 0 Å². The van der Waals surface area contributed by atoms with Crippen LogP contribution in [-0.2, 0) is 10.0 Å². The molecule has 3 aromatic carbocycles. The van der Waals surface area contributed by atoms with Gasteiger partial charge in [-0.3, -0.25) is 14.8 Å². The zero-order chi connectivity index (χ0) is 26.3. The van der Waals surface area contributed by atoms with Crippen molar-refractivity contribution in [1.82, 2.24) is 0 Å². The largest absolute Gasteiger partial charge is 0.506 e. The molecule has 190 valence electrons. The summed E-state index contributed by atoms with van der Waals surface area (Å²) >= 11 is 0. The topological polar surface area (TPSA) is 138 Å². The summed E-state index contributed by atoms with van der Waals surface area (Å²) in [7, 11) is -3.95. The van der Waals surface area contributed by atoms with E-state index in [2.05, 4.69) is 33.7 Å². The maximum Gasteiger partial charge on any atom is 0.271 e. The number of aromatic hydroxyl groups is 1. The van der Waals surface area contributed by atoms with Crippen molar-refractivity contribution in [3.63, 3.8) is 0 Å². The third-order valence-electron chi connectivity index (χ3n) is 5.40. The molecule has 0 heterocycles. The number of phenolic OH excluding ortho intramolecular Hbond substituents is 1. The highest BCUT2D eigenvalue weighted by Crippen LogP contribution is 2.36. The van der Waals surface area contributed by atoms with E-state index in [1.807, 2.05) is 6.07 Å². The first kappa shape index (κ1) is 26.6. The monoisotopic (exact) mass is 511 g/mol. The molecule has 0 aromatic heterocycles. The van der Waals surface area contributed by atoms with Crippen LogP contribution in [0.15, 0.2) is 75.8 Å². The van der Waals surface area contributed by atoms with E-state index in [1.165, 1.54) is 6.07 Å². The van der Waals surface area contributed by atoms with Crippen molar-refractivity contribution in [2.75, 3.05) is 22.7 Å². The van der Waals surface area contributed by atoms with Crippen LogP contribution in [0.5, 0.6) is 5.75 Å². The highest BCUT2D eigenvalue weighted by molar-refractivity contribution is 7.92. The Balaban J connectivity index is 2.08. The van der Waals surface area contributed by atoms with Crippen LogP contribution >= 0.6 is 0 Å². The van der Waals surface area contributed by atoms with Crippen molar-refractivity contribution in [2.45, 2.75) is 38.5 Å². The zero-order valence-electron chi connectivity index (χ0n) is 20.4. The van der Waals surface area contributed by atoms with Crippen molar-refractivity contribution in [3.05, 3.63) is 76.3 Å². The standard InChI is InChI=1S/C25H29N5O5S/c1-4-14-29(15-5-2)19-10-12-21(26-27-23-17-20(30(32)33)11-13-24(23)31)22(16-19)28-36(34,35)25-9-7-6-8-18(25)3/h6-13,16-17,28,31H,4-5,14-15H2,1-3H3. The second kappa shape index (κ2) is 11.6. The van der Waals surface area contributed by atoms with Gasteiger partial charge in [0.2, 0.25) is 0 Å². The summed E-state index contributed by atoms with van der Waals surface area (Å²) in [6, 6.07) is 15.2. The number of anilines is 2. The van der Waals surface area contributed by atoms with Crippen LogP contribution in [0.4, 0.5) is 28.4 Å². The molecular weight excluding hydrogens is 482 g/mol. The van der Waals surface area contributed by atoms with E-state index >= 15 is 0 Å². The number of hydrogen-bond acceptors (Lipinski definition) is 8. The Labute approximate surface area is 210 Å². The molecule has 0 unspecified atom stereocenters. The number of nitrogens with zero attached hydrogens (tertiary/aromatic N) is 4. The molecule has 0 spiro atoms. The lowest BCUT2D eigenvalue weighted by atomic mass is 10.2. The van der Waals surface area contributed by atoms with Crippen LogP contribution < -0.4 is 9.62 Å². The van der Waals surface area contributed by atoms with E-state index in [4.69, 9.17) is 0 Å². The molecule has 0 aliphatic heterocycles. The molecular formula is C25H29N5O5S. The van der Waals surface area contributed by atoms with Crippen LogP contribution in [0.25, 0.3) is 0 Å². The highest BCUT2D eigenvalue weighted by Gasteiger charge is 2.20. The molecule has 0 saturated carbocycles. The Morgan fingerprint density at radius 3 is 2.28 bits per heavy atom. The number of nitro benzene ring substituents is 1. The maximum atomic E-state index is 13.2. The zero-order valence-corrected chi connectivity index (χ0v) is 21.2. The molecule has 36 heavy (non-hydrogen) atoms. The van der Waals surface area contributed by atoms with Gasteiger partial charge in [0.15, 0.2) is 0 Å². The smallest absolute Gasteiger partial charge is 0.271 e. The number of non-ortho nitro benzene ring substituents is 1. The SMILES string of the molecule is CCCN(CCC)c1ccc(N=Nc2cc([N+](=O)[O-])ccc2O)c(NS(=O)(=O)c2ccccc2C)c1. The predicted octanol–water partition coefficient (Wildman–Crippen LogP) is 6.45. The van der Waals surface area contributed by atoms with Gasteiger partial charge in [0.05, 0.1) is 15.5 Å². The van der Waals surface area contributed by atoms with Crippen molar-refractivity contribution in [1.29, 1.82) is 0 Å². The molecule has 10 nitrogen and oxygen atoms in total. The van der Waals surface area contributed by atoms with Gasteiger partial charge in [-0.05, 0) is 55.7 Å². The minimum atomic E-state index is -3.95. The van der Waals surface area contributed by atoms with Gasteiger partial charge < -0.3 is 10.0 Å². The average Bonchev–Trinajstić information content (AvgIpc) is 2.83. The molecule has 0 bridgehead atoms. The van der Waals surface area contributed by atoms with Gasteiger partial charge in [-0.1, -0.05) is 32.0 Å². The Bertz CT molecular complexity index is 1370. The second-order valence-corrected chi connectivity index (χ2v) is 9.84. The first-order valence-corrected chi connectivity index (χ1v) is 13.0. The first-order valence-electron chi connectivity index (χ1n) is 11.5. The van der Waals surface area contributed by atoms with Crippen LogP contribution in [-0.4, -0.2) is 31.5 Å². The van der Waals surface area contributed by atoms with E-state index < -0.39 is 14.9 Å². The van der Waals surface area contributed by atoms with E-state index in [0.29, 0.717) is 5.56 Å². The fourth-order valence-corrected chi connectivity index (χ4v) is 4.98. The lowest BCUT2D eigenvalue weighted by Gasteiger charge is -2.25. The summed E-state index contributed by atoms with van der Waals surface area (Å²) in [5, 5.41) is 29.3. The maximum absolute atomic E-state index is 13.2. The average molecular weight is 512 g/mol. The van der Waals surface area contributed by atoms with Gasteiger partial charge in [0.1, 0.15) is 17.1 Å². The van der Waals surface area contributed by atoms with E-state index in [1.54, 1.807) is 37.3 Å². The van der Waals surface area contributed by atoms with E-state index in [9.17, 15) is 23.6 Å². The number of nitrogens with one attached hydrogen (secondary N) is 1. The van der Waals surface area contributed by atoms with Crippen molar-refractivity contribution in [3.8, 4) is 5.75 Å². The van der Waals surface area contributed by atoms with E-state index in [0.717, 1.165) is 49.8 Å². The third-order valence-corrected chi connectivity index (χ3v) is 6.92. The van der Waals surface area contributed by atoms with Crippen LogP contribution in [0.1, 0.15) is 32.3 Å². The summed E-state index contributed by atoms with van der Waals surface area (Å²) in [5.41, 5.74) is 1.42. The van der Waals surface area contributed by atoms with Crippen LogP contribution in [0, 0.1) is 17.0 Å². The molecule has 0 aliphatic rings. The van der Waals surface area contributed by atoms with Crippen molar-refractivity contribution in [2.24, 2.45) is 10.2 Å². The number of aryl methyl sites for hydroxylation is 1. The normalized spacial score (nSPS) is 11.5. The van der Waals surface area contributed by atoms with Crippen molar-refractivity contribution >= 4 is 38.5 Å². The Morgan fingerprint density at radius 2 is 1.64 bits per heavy atom. The van der Waals surface area contributed by atoms with Gasteiger partial charge in [-0.25, -0.2) is 8.42 Å². The number of sulfonamides is 1. The highest BCUT2D eigenvalue weighted by atomic mass is 32.2. The first-order chi connectivity index (χ1) is 17.2. The minimum Gasteiger partial charge on any atom is -0.506 e. The van der Waals surface area contributed by atoms with Crippen LogP contribution in [0.3, 0.4) is 0 Å². The molecule has 0 atom stereocenters. The fraction of sp³-hybridized carbons (Fsp3) is 0.280. The van der Waals surface area contributed by atoms with Gasteiger partial charge in [-0.2, -0.15) is 0 Å². The molecule has 0 fully saturated rings. The third kappa shape index (κ3) is 6.36. The number of hydrogen-bond donors (Lipinski definition) is 2. The quantitative estimate of drug-likeness (QED) is 0.172. The van der Waals surface area contributed by atoms with E-state index in [-0.39, 0.29) is 33.4 Å². The summed E-state index contributed by atoms with van der Waals surface area (Å²) < 4.78 is 29.1. The summed E-state index contributed by atoms with van der Waals surface area (Å²) in [6.07, 6.45) is 1.83. The summed E-state index contributed by atoms with van der Waals surface area (Å²) in [5.74, 6) is -0.292. The molecule has 11 heteroatoms. The summed E-state index contributed by atoms with van der Waals surface area (Å²) in [4.78, 5) is 12.8. The Morgan fingerprint density at radius 1 is 0.972 bits per heavy atom. The number of phenols is 1. The predicted molar refractivity (Wildman–Crippen MR) is 140 cm³/mol. The molecule has 0 amide bonds. The molecule has 0 radical (unpaired) electrons. The molecule has 2 N–H and O–H groups in total. The van der Waals surface area contributed by atoms with Gasteiger partial charge in [-0.15, -0.1) is 10.2 Å². The lowest BCUT2D eigenvalue weighted by Crippen LogP contribution is -2.25.